The Morgan fingerprint density at radius 1 is 1.24 bits per heavy atom. The fraction of sp³-hybridized carbons (Fsp3) is 0.444. The lowest BCUT2D eigenvalue weighted by Crippen LogP contribution is -2.30. The molecule has 0 saturated carbocycles. The van der Waals surface area contributed by atoms with Crippen molar-refractivity contribution in [1.82, 2.24) is 5.32 Å². The van der Waals surface area contributed by atoms with Crippen LogP contribution >= 0.6 is 11.3 Å². The van der Waals surface area contributed by atoms with Gasteiger partial charge in [0.2, 0.25) is 0 Å². The number of hydrogen-bond donors (Lipinski definition) is 1. The minimum Gasteiger partial charge on any atom is -0.364 e. The normalized spacial score (nSPS) is 11.1. The van der Waals surface area contributed by atoms with Crippen LogP contribution in [0.4, 0.5) is 5.69 Å². The van der Waals surface area contributed by atoms with Crippen LogP contribution in [0.5, 0.6) is 0 Å². The number of hydrogen-bond acceptors (Lipinski definition) is 3. The first kappa shape index (κ1) is 16.1. The van der Waals surface area contributed by atoms with Crippen molar-refractivity contribution in [3.63, 3.8) is 0 Å². The summed E-state index contributed by atoms with van der Waals surface area (Å²) >= 11 is 1.83. The molecule has 2 nitrogen and oxygen atoms in total. The lowest BCUT2D eigenvalue weighted by molar-refractivity contribution is 0.684. The average molecular weight is 302 g/mol. The minimum absolute atomic E-state index is 0.491. The van der Waals surface area contributed by atoms with Crippen molar-refractivity contribution in [2.75, 3.05) is 11.4 Å². The standard InChI is InChI=1S/C18H26N2S/c1-5-19-12-16-8-9-18(15(4)11-16)20(14(2)3)13-17-7-6-10-21-17/h6-11,14,19H,5,12-13H2,1-4H3. The zero-order chi connectivity index (χ0) is 15.2. The van der Waals surface area contributed by atoms with Gasteiger partial charge in [-0.3, -0.25) is 0 Å². The molecule has 0 spiro atoms. The zero-order valence-corrected chi connectivity index (χ0v) is 14.3. The molecule has 0 aliphatic rings. The number of rotatable bonds is 7. The SMILES string of the molecule is CCNCc1ccc(N(Cc2cccs2)C(C)C)c(C)c1. The van der Waals surface area contributed by atoms with Crippen molar-refractivity contribution in [2.24, 2.45) is 0 Å². The molecule has 1 aromatic carbocycles. The van der Waals surface area contributed by atoms with E-state index in [2.05, 4.69) is 73.6 Å². The van der Waals surface area contributed by atoms with E-state index in [1.165, 1.54) is 21.7 Å². The number of aryl methyl sites for hydroxylation is 1. The van der Waals surface area contributed by atoms with Gasteiger partial charge in [-0.1, -0.05) is 25.1 Å². The van der Waals surface area contributed by atoms with E-state index in [-0.39, 0.29) is 0 Å². The number of thiophene rings is 1. The Hall–Kier alpha value is -1.32. The summed E-state index contributed by atoms with van der Waals surface area (Å²) in [7, 11) is 0. The lowest BCUT2D eigenvalue weighted by atomic mass is 10.1. The first-order chi connectivity index (χ1) is 10.1. The van der Waals surface area contributed by atoms with E-state index in [0.29, 0.717) is 6.04 Å². The van der Waals surface area contributed by atoms with Crippen LogP contribution in [0.15, 0.2) is 35.7 Å². The number of anilines is 1. The van der Waals surface area contributed by atoms with Crippen LogP contribution < -0.4 is 10.2 Å². The van der Waals surface area contributed by atoms with Crippen LogP contribution in [0.2, 0.25) is 0 Å². The molecule has 0 unspecified atom stereocenters. The van der Waals surface area contributed by atoms with E-state index >= 15 is 0 Å². The van der Waals surface area contributed by atoms with Crippen molar-refractivity contribution in [3.8, 4) is 0 Å². The van der Waals surface area contributed by atoms with Crippen LogP contribution in [-0.4, -0.2) is 12.6 Å². The van der Waals surface area contributed by atoms with Gasteiger partial charge in [-0.25, -0.2) is 0 Å². The summed E-state index contributed by atoms with van der Waals surface area (Å²) in [5, 5.41) is 5.54. The predicted octanol–water partition coefficient (Wildman–Crippen LogP) is 4.58. The molecule has 3 heteroatoms. The molecule has 2 aromatic rings. The molecule has 0 atom stereocenters. The summed E-state index contributed by atoms with van der Waals surface area (Å²) in [6, 6.07) is 11.7. The highest BCUT2D eigenvalue weighted by Crippen LogP contribution is 2.26. The second-order valence-corrected chi connectivity index (χ2v) is 6.73. The van der Waals surface area contributed by atoms with Crippen molar-refractivity contribution in [1.29, 1.82) is 0 Å². The van der Waals surface area contributed by atoms with Crippen LogP contribution in [0.25, 0.3) is 0 Å². The van der Waals surface area contributed by atoms with E-state index in [1.54, 1.807) is 0 Å². The Kier molecular flexibility index (Phi) is 5.83. The van der Waals surface area contributed by atoms with Gasteiger partial charge in [-0.2, -0.15) is 0 Å². The Bertz CT molecular complexity index is 546. The van der Waals surface area contributed by atoms with Crippen molar-refractivity contribution < 1.29 is 0 Å². The van der Waals surface area contributed by atoms with Gasteiger partial charge in [0.05, 0.1) is 6.54 Å². The zero-order valence-electron chi connectivity index (χ0n) is 13.5. The van der Waals surface area contributed by atoms with Gasteiger partial charge in [0.1, 0.15) is 0 Å². The van der Waals surface area contributed by atoms with Crippen LogP contribution in [-0.2, 0) is 13.1 Å². The van der Waals surface area contributed by atoms with Crippen LogP contribution in [0.3, 0.4) is 0 Å². The van der Waals surface area contributed by atoms with Gasteiger partial charge < -0.3 is 10.2 Å². The molecule has 1 aromatic heterocycles. The molecule has 1 heterocycles. The summed E-state index contributed by atoms with van der Waals surface area (Å²) in [6.07, 6.45) is 0. The maximum absolute atomic E-state index is 3.39. The van der Waals surface area contributed by atoms with Crippen molar-refractivity contribution in [2.45, 2.75) is 46.8 Å². The third kappa shape index (κ3) is 4.32. The number of nitrogens with zero attached hydrogens (tertiary/aromatic N) is 1. The van der Waals surface area contributed by atoms with Crippen molar-refractivity contribution >= 4 is 17.0 Å². The Balaban J connectivity index is 2.20. The van der Waals surface area contributed by atoms with E-state index in [9.17, 15) is 0 Å². The summed E-state index contributed by atoms with van der Waals surface area (Å²) in [5.41, 5.74) is 4.06. The van der Waals surface area contributed by atoms with Gasteiger partial charge >= 0.3 is 0 Å². The minimum atomic E-state index is 0.491. The third-order valence-electron chi connectivity index (χ3n) is 3.68. The van der Waals surface area contributed by atoms with E-state index in [1.807, 2.05) is 11.3 Å². The predicted molar refractivity (Wildman–Crippen MR) is 94.2 cm³/mol. The first-order valence-electron chi connectivity index (χ1n) is 7.71. The maximum atomic E-state index is 3.39. The average Bonchev–Trinajstić information content (AvgIpc) is 2.96. The molecule has 0 bridgehead atoms. The largest absolute Gasteiger partial charge is 0.364 e. The molecule has 1 N–H and O–H groups in total. The summed E-state index contributed by atoms with van der Waals surface area (Å²) < 4.78 is 0. The fourth-order valence-electron chi connectivity index (χ4n) is 2.54. The third-order valence-corrected chi connectivity index (χ3v) is 4.54. The van der Waals surface area contributed by atoms with Gasteiger partial charge in [0, 0.05) is 23.2 Å². The fourth-order valence-corrected chi connectivity index (χ4v) is 3.24. The van der Waals surface area contributed by atoms with Gasteiger partial charge in [-0.05, 0) is 56.0 Å². The number of nitrogens with one attached hydrogen (secondary N) is 1. The molecular weight excluding hydrogens is 276 g/mol. The molecule has 0 radical (unpaired) electrons. The van der Waals surface area contributed by atoms with Gasteiger partial charge in [-0.15, -0.1) is 11.3 Å². The molecule has 21 heavy (non-hydrogen) atoms. The number of benzene rings is 1. The van der Waals surface area contributed by atoms with Gasteiger partial charge in [0.25, 0.3) is 0 Å². The highest BCUT2D eigenvalue weighted by molar-refractivity contribution is 7.09. The molecule has 0 amide bonds. The Morgan fingerprint density at radius 3 is 2.62 bits per heavy atom. The molecule has 2 rings (SSSR count). The molecule has 0 aliphatic heterocycles. The van der Waals surface area contributed by atoms with Crippen molar-refractivity contribution in [3.05, 3.63) is 51.7 Å². The smallest absolute Gasteiger partial charge is 0.0525 e. The Morgan fingerprint density at radius 2 is 2.05 bits per heavy atom. The highest BCUT2D eigenvalue weighted by atomic mass is 32.1. The molecule has 114 valence electrons. The molecular formula is C18H26N2S. The second kappa shape index (κ2) is 7.62. The van der Waals surface area contributed by atoms with E-state index in [4.69, 9.17) is 0 Å². The summed E-state index contributed by atoms with van der Waals surface area (Å²) in [4.78, 5) is 3.90. The van der Waals surface area contributed by atoms with E-state index in [0.717, 1.165) is 19.6 Å². The Labute approximate surface area is 132 Å². The molecule has 0 aliphatic carbocycles. The quantitative estimate of drug-likeness (QED) is 0.805. The summed E-state index contributed by atoms with van der Waals surface area (Å²) in [5.74, 6) is 0. The maximum Gasteiger partial charge on any atom is 0.0525 e. The molecule has 0 saturated heterocycles. The topological polar surface area (TPSA) is 15.3 Å². The van der Waals surface area contributed by atoms with E-state index < -0.39 is 0 Å². The lowest BCUT2D eigenvalue weighted by Gasteiger charge is -2.30. The second-order valence-electron chi connectivity index (χ2n) is 5.70. The highest BCUT2D eigenvalue weighted by Gasteiger charge is 2.14. The molecule has 0 fully saturated rings. The van der Waals surface area contributed by atoms with Gasteiger partial charge in [0.15, 0.2) is 0 Å². The van der Waals surface area contributed by atoms with Crippen LogP contribution in [0, 0.1) is 6.92 Å². The summed E-state index contributed by atoms with van der Waals surface area (Å²) in [6.45, 7) is 11.8. The monoisotopic (exact) mass is 302 g/mol. The van der Waals surface area contributed by atoms with Crippen LogP contribution in [0.1, 0.15) is 36.8 Å². The first-order valence-corrected chi connectivity index (χ1v) is 8.59.